The summed E-state index contributed by atoms with van der Waals surface area (Å²) in [6.07, 6.45) is 4.83. The Kier molecular flexibility index (Phi) is 6.83. The molecule has 0 radical (unpaired) electrons. The SMILES string of the molecule is CC(C)NCC(O)COc1ncc(C(=O)NCCC2C(=O)C3CCC2C3)s1. The van der Waals surface area contributed by atoms with Crippen LogP contribution < -0.4 is 15.4 Å². The van der Waals surface area contributed by atoms with Gasteiger partial charge < -0.3 is 20.5 Å². The lowest BCUT2D eigenvalue weighted by molar-refractivity contribution is -0.125. The lowest BCUT2D eigenvalue weighted by Crippen LogP contribution is -2.35. The molecule has 0 aromatic carbocycles. The predicted octanol–water partition coefficient (Wildman–Crippen LogP) is 1.62. The number of carbonyl (C=O) groups is 2. The standard InChI is InChI=1S/C19H29N3O4S/c1-11(2)21-8-14(23)10-26-19-22-9-16(27-19)18(25)20-6-5-15-12-3-4-13(7-12)17(15)24/h9,11-15,21,23H,3-8,10H2,1-2H3,(H,20,25). The number of fused-ring (bicyclic) bond motifs is 2. The fraction of sp³-hybridized carbons (Fsp3) is 0.737. The Bertz CT molecular complexity index is 663. The Balaban J connectivity index is 1.37. The molecule has 0 aliphatic heterocycles. The fourth-order valence-electron chi connectivity index (χ4n) is 4.01. The molecule has 4 atom stereocenters. The quantitative estimate of drug-likeness (QED) is 0.557. The van der Waals surface area contributed by atoms with Crippen molar-refractivity contribution in [3.05, 3.63) is 11.1 Å². The zero-order chi connectivity index (χ0) is 19.4. The van der Waals surface area contributed by atoms with Crippen molar-refractivity contribution in [2.75, 3.05) is 19.7 Å². The van der Waals surface area contributed by atoms with E-state index in [0.717, 1.165) is 37.0 Å². The topological polar surface area (TPSA) is 101 Å². The van der Waals surface area contributed by atoms with Crippen LogP contribution in [-0.2, 0) is 4.79 Å². The summed E-state index contributed by atoms with van der Waals surface area (Å²) in [6, 6.07) is 0.296. The number of hydrogen-bond acceptors (Lipinski definition) is 7. The number of ketones is 1. The third-order valence-corrected chi connectivity index (χ3v) is 6.33. The van der Waals surface area contributed by atoms with Gasteiger partial charge in [0.15, 0.2) is 0 Å². The zero-order valence-electron chi connectivity index (χ0n) is 15.9. The molecule has 2 fully saturated rings. The van der Waals surface area contributed by atoms with Crippen LogP contribution in [0.3, 0.4) is 0 Å². The van der Waals surface area contributed by atoms with Crippen molar-refractivity contribution in [2.45, 2.75) is 51.7 Å². The van der Waals surface area contributed by atoms with Gasteiger partial charge in [0, 0.05) is 31.0 Å². The van der Waals surface area contributed by atoms with E-state index in [0.29, 0.717) is 40.9 Å². The van der Waals surface area contributed by atoms with E-state index in [1.165, 1.54) is 6.20 Å². The number of thiazole rings is 1. The molecule has 1 heterocycles. The van der Waals surface area contributed by atoms with Gasteiger partial charge in [-0.1, -0.05) is 25.2 Å². The molecule has 27 heavy (non-hydrogen) atoms. The first-order chi connectivity index (χ1) is 12.9. The van der Waals surface area contributed by atoms with Crippen LogP contribution in [0.2, 0.25) is 0 Å². The minimum Gasteiger partial charge on any atom is -0.467 e. The summed E-state index contributed by atoms with van der Waals surface area (Å²) in [4.78, 5) is 29.0. The molecule has 3 rings (SSSR count). The Morgan fingerprint density at radius 1 is 1.44 bits per heavy atom. The largest absolute Gasteiger partial charge is 0.467 e. The summed E-state index contributed by atoms with van der Waals surface area (Å²) in [5, 5.41) is 16.2. The second-order valence-electron chi connectivity index (χ2n) is 7.84. The number of aliphatic hydroxyl groups is 1. The minimum absolute atomic E-state index is 0.126. The normalized spacial score (nSPS) is 25.2. The first-order valence-electron chi connectivity index (χ1n) is 9.76. The van der Waals surface area contributed by atoms with Crippen LogP contribution in [0.15, 0.2) is 6.20 Å². The Morgan fingerprint density at radius 3 is 2.96 bits per heavy atom. The molecule has 1 aromatic rings. The van der Waals surface area contributed by atoms with Crippen molar-refractivity contribution in [3.8, 4) is 5.19 Å². The zero-order valence-corrected chi connectivity index (χ0v) is 16.8. The average Bonchev–Trinajstić information content (AvgIpc) is 3.35. The Labute approximate surface area is 163 Å². The lowest BCUT2D eigenvalue weighted by Gasteiger charge is -2.20. The van der Waals surface area contributed by atoms with Crippen LogP contribution in [0, 0.1) is 17.8 Å². The van der Waals surface area contributed by atoms with Gasteiger partial charge >= 0.3 is 0 Å². The highest BCUT2D eigenvalue weighted by molar-refractivity contribution is 7.15. The number of amides is 1. The highest BCUT2D eigenvalue weighted by atomic mass is 32.1. The van der Waals surface area contributed by atoms with E-state index in [4.69, 9.17) is 4.74 Å². The van der Waals surface area contributed by atoms with E-state index >= 15 is 0 Å². The van der Waals surface area contributed by atoms with E-state index in [2.05, 4.69) is 15.6 Å². The molecule has 2 aliphatic carbocycles. The number of aromatic nitrogens is 1. The van der Waals surface area contributed by atoms with E-state index in [1.54, 1.807) is 0 Å². The number of rotatable bonds is 10. The highest BCUT2D eigenvalue weighted by Gasteiger charge is 2.46. The number of nitrogens with one attached hydrogen (secondary N) is 2. The molecule has 1 amide bonds. The third kappa shape index (κ3) is 5.27. The molecule has 150 valence electrons. The molecule has 0 saturated heterocycles. The van der Waals surface area contributed by atoms with Gasteiger partial charge in [0.1, 0.15) is 23.4 Å². The van der Waals surface area contributed by atoms with Crippen LogP contribution >= 0.6 is 11.3 Å². The fourth-order valence-corrected chi connectivity index (χ4v) is 4.70. The number of hydrogen-bond donors (Lipinski definition) is 3. The average molecular weight is 396 g/mol. The first-order valence-corrected chi connectivity index (χ1v) is 10.6. The van der Waals surface area contributed by atoms with E-state index in [-0.39, 0.29) is 24.3 Å². The molecule has 8 heteroatoms. The highest BCUT2D eigenvalue weighted by Crippen LogP contribution is 2.46. The van der Waals surface area contributed by atoms with E-state index in [1.807, 2.05) is 13.8 Å². The van der Waals surface area contributed by atoms with Crippen LogP contribution in [-0.4, -0.2) is 53.6 Å². The lowest BCUT2D eigenvalue weighted by atomic mass is 9.85. The van der Waals surface area contributed by atoms with E-state index < -0.39 is 6.10 Å². The first kappa shape index (κ1) is 20.2. The van der Waals surface area contributed by atoms with Crippen molar-refractivity contribution in [2.24, 2.45) is 17.8 Å². The molecule has 7 nitrogen and oxygen atoms in total. The molecule has 4 unspecified atom stereocenters. The van der Waals surface area contributed by atoms with Crippen molar-refractivity contribution in [1.29, 1.82) is 0 Å². The second-order valence-corrected chi connectivity index (χ2v) is 8.83. The van der Waals surface area contributed by atoms with Gasteiger partial charge in [-0.05, 0) is 31.6 Å². The molecule has 3 N–H and O–H groups in total. The summed E-state index contributed by atoms with van der Waals surface area (Å²) >= 11 is 1.16. The van der Waals surface area contributed by atoms with Crippen LogP contribution in [0.25, 0.3) is 0 Å². The number of nitrogens with zero attached hydrogens (tertiary/aromatic N) is 1. The summed E-state index contributed by atoms with van der Waals surface area (Å²) < 4.78 is 5.46. The van der Waals surface area contributed by atoms with Gasteiger partial charge in [0.2, 0.25) is 0 Å². The van der Waals surface area contributed by atoms with Gasteiger partial charge in [-0.15, -0.1) is 0 Å². The van der Waals surface area contributed by atoms with Crippen LogP contribution in [0.1, 0.15) is 49.2 Å². The summed E-state index contributed by atoms with van der Waals surface area (Å²) in [5.41, 5.74) is 0. The molecular formula is C19H29N3O4S. The van der Waals surface area contributed by atoms with E-state index in [9.17, 15) is 14.7 Å². The number of Topliss-reactive ketones (excluding diaryl/α,β-unsaturated/α-hetero) is 1. The summed E-state index contributed by atoms with van der Waals surface area (Å²) in [6.45, 7) is 5.09. The molecular weight excluding hydrogens is 366 g/mol. The second kappa shape index (κ2) is 9.12. The van der Waals surface area contributed by atoms with Crippen molar-refractivity contribution in [1.82, 2.24) is 15.6 Å². The maximum Gasteiger partial charge on any atom is 0.273 e. The van der Waals surface area contributed by atoms with Gasteiger partial charge in [-0.2, -0.15) is 0 Å². The molecule has 0 spiro atoms. The molecule has 2 saturated carbocycles. The number of carbonyl (C=O) groups excluding carboxylic acids is 2. The van der Waals surface area contributed by atoms with Crippen molar-refractivity contribution < 1.29 is 19.4 Å². The van der Waals surface area contributed by atoms with Crippen molar-refractivity contribution >= 4 is 23.0 Å². The smallest absolute Gasteiger partial charge is 0.273 e. The maximum atomic E-state index is 12.2. The van der Waals surface area contributed by atoms with Crippen LogP contribution in [0.5, 0.6) is 5.19 Å². The molecule has 1 aromatic heterocycles. The molecule has 2 bridgehead atoms. The summed E-state index contributed by atoms with van der Waals surface area (Å²) in [7, 11) is 0. The van der Waals surface area contributed by atoms with Gasteiger partial charge in [-0.25, -0.2) is 4.98 Å². The van der Waals surface area contributed by atoms with Crippen LogP contribution in [0.4, 0.5) is 0 Å². The van der Waals surface area contributed by atoms with Gasteiger partial charge in [0.25, 0.3) is 11.1 Å². The monoisotopic (exact) mass is 395 g/mol. The van der Waals surface area contributed by atoms with Crippen molar-refractivity contribution in [3.63, 3.8) is 0 Å². The minimum atomic E-state index is -0.632. The number of ether oxygens (including phenoxy) is 1. The third-order valence-electron chi connectivity index (χ3n) is 5.42. The van der Waals surface area contributed by atoms with Gasteiger partial charge in [-0.3, -0.25) is 9.59 Å². The Hall–Kier alpha value is -1.51. The van der Waals surface area contributed by atoms with Gasteiger partial charge in [0.05, 0.1) is 6.20 Å². The molecule has 2 aliphatic rings. The summed E-state index contributed by atoms with van der Waals surface area (Å²) in [5.74, 6) is 1.15. The maximum absolute atomic E-state index is 12.2. The predicted molar refractivity (Wildman–Crippen MR) is 103 cm³/mol. The number of aliphatic hydroxyl groups excluding tert-OH is 1. The Morgan fingerprint density at radius 2 is 2.26 bits per heavy atom.